The van der Waals surface area contributed by atoms with Crippen LogP contribution in [0.4, 0.5) is 0 Å². The molecule has 0 atom stereocenters. The maximum absolute atomic E-state index is 11.8. The molecule has 1 saturated carbocycles. The predicted octanol–water partition coefficient (Wildman–Crippen LogP) is 3.04. The molecule has 0 heterocycles. The molecule has 3 N–H and O–H groups in total. The summed E-state index contributed by atoms with van der Waals surface area (Å²) in [5.74, 6) is 1.16. The number of nitrogens with zero attached hydrogens (tertiary/aromatic N) is 1. The SMILES string of the molecule is CN=C(NCCCC(=O)NC1CC1)NCC(c1ccccc1)c1ccccc1. The molecule has 0 spiro atoms. The van der Waals surface area contributed by atoms with Gasteiger partial charge in [0.2, 0.25) is 5.91 Å². The molecule has 1 aliphatic carbocycles. The van der Waals surface area contributed by atoms with Crippen LogP contribution in [0.2, 0.25) is 0 Å². The van der Waals surface area contributed by atoms with Crippen molar-refractivity contribution in [2.45, 2.75) is 37.6 Å². The van der Waals surface area contributed by atoms with E-state index in [0.717, 1.165) is 38.3 Å². The van der Waals surface area contributed by atoms with Gasteiger partial charge in [0, 0.05) is 38.5 Å². The zero-order chi connectivity index (χ0) is 19.6. The number of aliphatic imine (C=N–C) groups is 1. The third-order valence-corrected chi connectivity index (χ3v) is 4.92. The number of hydrogen-bond acceptors (Lipinski definition) is 2. The molecule has 1 amide bonds. The van der Waals surface area contributed by atoms with E-state index in [0.29, 0.717) is 12.5 Å². The second kappa shape index (κ2) is 10.5. The highest BCUT2D eigenvalue weighted by molar-refractivity contribution is 5.80. The van der Waals surface area contributed by atoms with Crippen molar-refractivity contribution in [1.29, 1.82) is 0 Å². The second-order valence-corrected chi connectivity index (χ2v) is 7.20. The molecule has 0 saturated heterocycles. The Morgan fingerprint density at radius 3 is 2.14 bits per heavy atom. The van der Waals surface area contributed by atoms with Gasteiger partial charge in [-0.2, -0.15) is 0 Å². The molecular weight excluding hydrogens is 348 g/mol. The minimum absolute atomic E-state index is 0.153. The van der Waals surface area contributed by atoms with Crippen molar-refractivity contribution >= 4 is 11.9 Å². The van der Waals surface area contributed by atoms with Crippen molar-refractivity contribution in [3.05, 3.63) is 71.8 Å². The summed E-state index contributed by atoms with van der Waals surface area (Å²) in [7, 11) is 1.77. The van der Waals surface area contributed by atoms with Crippen LogP contribution in [0, 0.1) is 0 Å². The molecule has 5 nitrogen and oxygen atoms in total. The van der Waals surface area contributed by atoms with Gasteiger partial charge in [0.05, 0.1) is 0 Å². The number of benzene rings is 2. The number of hydrogen-bond donors (Lipinski definition) is 3. The van der Waals surface area contributed by atoms with Crippen LogP contribution in [0.1, 0.15) is 42.7 Å². The van der Waals surface area contributed by atoms with Crippen LogP contribution in [0.15, 0.2) is 65.7 Å². The van der Waals surface area contributed by atoms with E-state index < -0.39 is 0 Å². The van der Waals surface area contributed by atoms with Gasteiger partial charge < -0.3 is 16.0 Å². The number of amides is 1. The Balaban J connectivity index is 1.49. The zero-order valence-electron chi connectivity index (χ0n) is 16.5. The summed E-state index contributed by atoms with van der Waals surface area (Å²) in [5.41, 5.74) is 2.54. The maximum atomic E-state index is 11.8. The predicted molar refractivity (Wildman–Crippen MR) is 114 cm³/mol. The molecule has 2 aromatic rings. The molecule has 0 bridgehead atoms. The summed E-state index contributed by atoms with van der Waals surface area (Å²) in [6, 6.07) is 21.5. The van der Waals surface area contributed by atoms with Crippen molar-refractivity contribution in [3.8, 4) is 0 Å². The molecule has 0 radical (unpaired) electrons. The van der Waals surface area contributed by atoms with Gasteiger partial charge >= 0.3 is 0 Å². The monoisotopic (exact) mass is 378 g/mol. The van der Waals surface area contributed by atoms with E-state index in [1.807, 2.05) is 12.1 Å². The third kappa shape index (κ3) is 6.41. The van der Waals surface area contributed by atoms with Crippen LogP contribution < -0.4 is 16.0 Å². The fraction of sp³-hybridized carbons (Fsp3) is 0.391. The Hall–Kier alpha value is -2.82. The number of guanidine groups is 1. The number of carbonyl (C=O) groups is 1. The average Bonchev–Trinajstić information content (AvgIpc) is 3.55. The largest absolute Gasteiger partial charge is 0.356 e. The summed E-state index contributed by atoms with van der Waals surface area (Å²) in [6.45, 7) is 1.47. The molecule has 5 heteroatoms. The second-order valence-electron chi connectivity index (χ2n) is 7.20. The van der Waals surface area contributed by atoms with Crippen LogP contribution in [-0.2, 0) is 4.79 Å². The van der Waals surface area contributed by atoms with Crippen molar-refractivity contribution < 1.29 is 4.79 Å². The molecule has 1 fully saturated rings. The lowest BCUT2D eigenvalue weighted by atomic mass is 9.91. The lowest BCUT2D eigenvalue weighted by molar-refractivity contribution is -0.121. The van der Waals surface area contributed by atoms with Gasteiger partial charge in [-0.1, -0.05) is 60.7 Å². The number of rotatable bonds is 9. The number of carbonyl (C=O) groups excluding carboxylic acids is 1. The summed E-state index contributed by atoms with van der Waals surface area (Å²) >= 11 is 0. The zero-order valence-corrected chi connectivity index (χ0v) is 16.5. The van der Waals surface area contributed by atoms with E-state index in [9.17, 15) is 4.79 Å². The topological polar surface area (TPSA) is 65.5 Å². The van der Waals surface area contributed by atoms with Crippen LogP contribution in [0.5, 0.6) is 0 Å². The highest BCUT2D eigenvalue weighted by atomic mass is 16.1. The quantitative estimate of drug-likeness (QED) is 0.357. The van der Waals surface area contributed by atoms with Gasteiger partial charge in [-0.15, -0.1) is 0 Å². The van der Waals surface area contributed by atoms with Crippen LogP contribution >= 0.6 is 0 Å². The Morgan fingerprint density at radius 1 is 1.00 bits per heavy atom. The average molecular weight is 379 g/mol. The minimum Gasteiger partial charge on any atom is -0.356 e. The van der Waals surface area contributed by atoms with Crippen LogP contribution in [0.3, 0.4) is 0 Å². The fourth-order valence-corrected chi connectivity index (χ4v) is 3.20. The molecule has 2 aromatic carbocycles. The van der Waals surface area contributed by atoms with Gasteiger partial charge in [-0.3, -0.25) is 9.79 Å². The smallest absolute Gasteiger partial charge is 0.220 e. The summed E-state index contributed by atoms with van der Waals surface area (Å²) in [6.07, 6.45) is 3.60. The van der Waals surface area contributed by atoms with E-state index in [1.54, 1.807) is 7.05 Å². The Morgan fingerprint density at radius 2 is 1.61 bits per heavy atom. The van der Waals surface area contributed by atoms with Crippen molar-refractivity contribution in [1.82, 2.24) is 16.0 Å². The van der Waals surface area contributed by atoms with Crippen molar-refractivity contribution in [2.24, 2.45) is 4.99 Å². The van der Waals surface area contributed by atoms with Gasteiger partial charge in [0.25, 0.3) is 0 Å². The fourth-order valence-electron chi connectivity index (χ4n) is 3.20. The first-order valence-electron chi connectivity index (χ1n) is 10.1. The van der Waals surface area contributed by atoms with E-state index >= 15 is 0 Å². The number of nitrogens with one attached hydrogen (secondary N) is 3. The summed E-state index contributed by atoms with van der Waals surface area (Å²) in [4.78, 5) is 16.1. The van der Waals surface area contributed by atoms with E-state index in [1.165, 1.54) is 11.1 Å². The van der Waals surface area contributed by atoms with Crippen molar-refractivity contribution in [3.63, 3.8) is 0 Å². The van der Waals surface area contributed by atoms with Gasteiger partial charge in [-0.05, 0) is 30.4 Å². The molecule has 0 aromatic heterocycles. The molecular formula is C23H30N4O. The lowest BCUT2D eigenvalue weighted by Crippen LogP contribution is -2.40. The molecule has 1 aliphatic rings. The molecule has 28 heavy (non-hydrogen) atoms. The van der Waals surface area contributed by atoms with Gasteiger partial charge in [0.15, 0.2) is 5.96 Å². The van der Waals surface area contributed by atoms with Crippen molar-refractivity contribution in [2.75, 3.05) is 20.1 Å². The van der Waals surface area contributed by atoms with Gasteiger partial charge in [-0.25, -0.2) is 0 Å². The van der Waals surface area contributed by atoms with Gasteiger partial charge in [0.1, 0.15) is 0 Å². The van der Waals surface area contributed by atoms with Crippen LogP contribution in [-0.4, -0.2) is 38.0 Å². The van der Waals surface area contributed by atoms with E-state index in [-0.39, 0.29) is 11.8 Å². The third-order valence-electron chi connectivity index (χ3n) is 4.92. The standard InChI is InChI=1S/C23H30N4O/c1-24-23(25-16-8-13-22(28)27-20-14-15-20)26-17-21(18-9-4-2-5-10-18)19-11-6-3-7-12-19/h2-7,9-12,20-21H,8,13-17H2,1H3,(H,27,28)(H2,24,25,26). The first-order valence-corrected chi connectivity index (χ1v) is 10.1. The lowest BCUT2D eigenvalue weighted by Gasteiger charge is -2.20. The van der Waals surface area contributed by atoms with E-state index in [2.05, 4.69) is 69.5 Å². The van der Waals surface area contributed by atoms with Crippen LogP contribution in [0.25, 0.3) is 0 Å². The van der Waals surface area contributed by atoms with E-state index in [4.69, 9.17) is 0 Å². The highest BCUT2D eigenvalue weighted by Crippen LogP contribution is 2.23. The summed E-state index contributed by atoms with van der Waals surface area (Å²) < 4.78 is 0. The molecule has 0 unspecified atom stereocenters. The maximum Gasteiger partial charge on any atom is 0.220 e. The molecule has 148 valence electrons. The Labute approximate surface area is 167 Å². The first-order chi connectivity index (χ1) is 13.8. The highest BCUT2D eigenvalue weighted by Gasteiger charge is 2.22. The molecule has 0 aliphatic heterocycles. The normalized spacial score (nSPS) is 14.0. The first kappa shape index (κ1) is 19.9. The summed E-state index contributed by atoms with van der Waals surface area (Å²) in [5, 5.41) is 9.77. The minimum atomic E-state index is 0.153. The molecule has 3 rings (SSSR count). The Bertz CT molecular complexity index is 717. The Kier molecular flexibility index (Phi) is 7.47.